The zero-order valence-electron chi connectivity index (χ0n) is 16.5. The van der Waals surface area contributed by atoms with E-state index in [0.29, 0.717) is 49.6 Å². The number of halogens is 1. The van der Waals surface area contributed by atoms with Gasteiger partial charge in [-0.25, -0.2) is 9.18 Å². The molecule has 2 aromatic carbocycles. The maximum atomic E-state index is 13.8. The van der Waals surface area contributed by atoms with Crippen molar-refractivity contribution in [3.63, 3.8) is 0 Å². The van der Waals surface area contributed by atoms with Crippen LogP contribution < -0.4 is 11.1 Å². The lowest BCUT2D eigenvalue weighted by molar-refractivity contribution is -0.0270. The zero-order valence-corrected chi connectivity index (χ0v) is 16.5. The Morgan fingerprint density at radius 3 is 2.43 bits per heavy atom. The third-order valence-electron chi connectivity index (χ3n) is 5.17. The van der Waals surface area contributed by atoms with Gasteiger partial charge in [0.05, 0.1) is 0 Å². The Kier molecular flexibility index (Phi) is 6.31. The molecule has 28 heavy (non-hydrogen) atoms. The van der Waals surface area contributed by atoms with Crippen LogP contribution in [0.4, 0.5) is 14.9 Å². The summed E-state index contributed by atoms with van der Waals surface area (Å²) < 4.78 is 19.3. The van der Waals surface area contributed by atoms with E-state index in [0.717, 1.165) is 0 Å². The van der Waals surface area contributed by atoms with E-state index in [1.807, 2.05) is 30.3 Å². The second-order valence-corrected chi connectivity index (χ2v) is 7.72. The molecule has 0 saturated carbocycles. The van der Waals surface area contributed by atoms with Gasteiger partial charge in [0.15, 0.2) is 5.72 Å². The number of piperidine rings is 1. The first-order chi connectivity index (χ1) is 13.3. The summed E-state index contributed by atoms with van der Waals surface area (Å²) in [5, 5.41) is 2.73. The lowest BCUT2D eigenvalue weighted by Gasteiger charge is -2.38. The van der Waals surface area contributed by atoms with Crippen LogP contribution in [0.25, 0.3) is 0 Å². The SMILES string of the molecule is CC(C)c1ccc(NC(=O)OC2(N)CCN(Cc3ccccc3F)CC2)cc1. The molecule has 0 spiro atoms. The van der Waals surface area contributed by atoms with Gasteiger partial charge in [0.1, 0.15) is 5.82 Å². The lowest BCUT2D eigenvalue weighted by atomic mass is 10.0. The molecule has 0 aromatic heterocycles. The van der Waals surface area contributed by atoms with Crippen LogP contribution in [-0.4, -0.2) is 29.8 Å². The molecule has 0 aliphatic carbocycles. The van der Waals surface area contributed by atoms with Crippen molar-refractivity contribution in [3.05, 3.63) is 65.5 Å². The maximum Gasteiger partial charge on any atom is 0.413 e. The topological polar surface area (TPSA) is 67.6 Å². The van der Waals surface area contributed by atoms with Gasteiger partial charge in [-0.2, -0.15) is 0 Å². The van der Waals surface area contributed by atoms with E-state index in [2.05, 4.69) is 24.1 Å². The summed E-state index contributed by atoms with van der Waals surface area (Å²) in [4.78, 5) is 14.4. The maximum absolute atomic E-state index is 13.8. The molecule has 1 aliphatic heterocycles. The summed E-state index contributed by atoms with van der Waals surface area (Å²) in [5.74, 6) is 0.231. The normalized spacial score (nSPS) is 16.8. The molecule has 3 N–H and O–H groups in total. The standard InChI is InChI=1S/C22H28FN3O2/c1-16(2)17-7-9-19(10-8-17)25-21(27)28-22(24)11-13-26(14-12-22)15-18-5-3-4-6-20(18)23/h3-10,16H,11-15,24H2,1-2H3,(H,25,27). The van der Waals surface area contributed by atoms with E-state index < -0.39 is 11.8 Å². The molecule has 1 heterocycles. The Morgan fingerprint density at radius 1 is 1.18 bits per heavy atom. The molecule has 6 heteroatoms. The van der Waals surface area contributed by atoms with Gasteiger partial charge in [-0.15, -0.1) is 0 Å². The first-order valence-corrected chi connectivity index (χ1v) is 9.69. The quantitative estimate of drug-likeness (QED) is 0.746. The van der Waals surface area contributed by atoms with Gasteiger partial charge in [0, 0.05) is 43.7 Å². The summed E-state index contributed by atoms with van der Waals surface area (Å²) in [7, 11) is 0. The predicted octanol–water partition coefficient (Wildman–Crippen LogP) is 4.45. The molecule has 1 saturated heterocycles. The Labute approximate surface area is 165 Å². The number of likely N-dealkylation sites (tertiary alicyclic amines) is 1. The number of hydrogen-bond donors (Lipinski definition) is 2. The van der Waals surface area contributed by atoms with Crippen LogP contribution in [-0.2, 0) is 11.3 Å². The van der Waals surface area contributed by atoms with E-state index in [-0.39, 0.29) is 5.82 Å². The number of nitrogens with one attached hydrogen (secondary N) is 1. The highest BCUT2D eigenvalue weighted by atomic mass is 19.1. The van der Waals surface area contributed by atoms with Crippen molar-refractivity contribution in [3.8, 4) is 0 Å². The first-order valence-electron chi connectivity index (χ1n) is 9.69. The Morgan fingerprint density at radius 2 is 1.82 bits per heavy atom. The van der Waals surface area contributed by atoms with Gasteiger partial charge in [0.2, 0.25) is 0 Å². The Balaban J connectivity index is 1.49. The molecule has 0 atom stereocenters. The number of benzene rings is 2. The number of carbonyl (C=O) groups is 1. The lowest BCUT2D eigenvalue weighted by Crippen LogP contribution is -2.53. The van der Waals surface area contributed by atoms with Crippen molar-refractivity contribution in [2.24, 2.45) is 5.73 Å². The summed E-state index contributed by atoms with van der Waals surface area (Å²) in [6.45, 7) is 6.04. The van der Waals surface area contributed by atoms with Gasteiger partial charge in [0.25, 0.3) is 0 Å². The predicted molar refractivity (Wildman–Crippen MR) is 108 cm³/mol. The number of anilines is 1. The van der Waals surface area contributed by atoms with E-state index in [1.54, 1.807) is 12.1 Å². The molecule has 1 amide bonds. The number of ether oxygens (including phenoxy) is 1. The largest absolute Gasteiger partial charge is 0.428 e. The van der Waals surface area contributed by atoms with Crippen molar-refractivity contribution >= 4 is 11.8 Å². The van der Waals surface area contributed by atoms with Gasteiger partial charge < -0.3 is 4.74 Å². The van der Waals surface area contributed by atoms with Crippen LogP contribution in [0, 0.1) is 5.82 Å². The molecule has 150 valence electrons. The third-order valence-corrected chi connectivity index (χ3v) is 5.17. The molecular weight excluding hydrogens is 357 g/mol. The molecule has 5 nitrogen and oxygen atoms in total. The summed E-state index contributed by atoms with van der Waals surface area (Å²) in [5.41, 5.74) is 7.82. The van der Waals surface area contributed by atoms with Gasteiger partial charge in [-0.05, 0) is 29.7 Å². The first kappa shape index (κ1) is 20.3. The van der Waals surface area contributed by atoms with Crippen LogP contribution in [0.2, 0.25) is 0 Å². The van der Waals surface area contributed by atoms with Crippen molar-refractivity contribution in [1.82, 2.24) is 4.90 Å². The summed E-state index contributed by atoms with van der Waals surface area (Å²) >= 11 is 0. The second-order valence-electron chi connectivity index (χ2n) is 7.72. The molecule has 1 aliphatic rings. The fourth-order valence-corrected chi connectivity index (χ4v) is 3.34. The number of hydrogen-bond acceptors (Lipinski definition) is 4. The molecule has 2 aromatic rings. The average molecular weight is 385 g/mol. The zero-order chi connectivity index (χ0) is 20.1. The average Bonchev–Trinajstić information content (AvgIpc) is 2.65. The monoisotopic (exact) mass is 385 g/mol. The highest BCUT2D eigenvalue weighted by Gasteiger charge is 2.34. The number of carbonyl (C=O) groups excluding carboxylic acids is 1. The molecule has 0 radical (unpaired) electrons. The molecule has 0 unspecified atom stereocenters. The highest BCUT2D eigenvalue weighted by molar-refractivity contribution is 5.84. The smallest absolute Gasteiger partial charge is 0.413 e. The van der Waals surface area contributed by atoms with Crippen LogP contribution >= 0.6 is 0 Å². The third kappa shape index (κ3) is 5.30. The van der Waals surface area contributed by atoms with E-state index in [9.17, 15) is 9.18 Å². The fourth-order valence-electron chi connectivity index (χ4n) is 3.34. The highest BCUT2D eigenvalue weighted by Crippen LogP contribution is 2.24. The molecule has 3 rings (SSSR count). The van der Waals surface area contributed by atoms with Gasteiger partial charge in [-0.3, -0.25) is 16.0 Å². The summed E-state index contributed by atoms with van der Waals surface area (Å²) in [6.07, 6.45) is 0.449. The number of nitrogens with two attached hydrogens (primary N) is 1. The van der Waals surface area contributed by atoms with Crippen molar-refractivity contribution in [2.45, 2.75) is 44.9 Å². The van der Waals surface area contributed by atoms with E-state index >= 15 is 0 Å². The number of amides is 1. The van der Waals surface area contributed by atoms with Crippen molar-refractivity contribution in [1.29, 1.82) is 0 Å². The van der Waals surface area contributed by atoms with Gasteiger partial charge >= 0.3 is 6.09 Å². The van der Waals surface area contributed by atoms with Crippen LogP contribution in [0.5, 0.6) is 0 Å². The Bertz CT molecular complexity index is 800. The number of nitrogens with zero attached hydrogens (tertiary/aromatic N) is 1. The minimum absolute atomic E-state index is 0.203. The van der Waals surface area contributed by atoms with Crippen LogP contribution in [0.3, 0.4) is 0 Å². The molecule has 0 bridgehead atoms. The van der Waals surface area contributed by atoms with Crippen LogP contribution in [0.1, 0.15) is 43.7 Å². The molecular formula is C22H28FN3O2. The van der Waals surface area contributed by atoms with Crippen molar-refractivity contribution in [2.75, 3.05) is 18.4 Å². The minimum atomic E-state index is -1.01. The fraction of sp³-hybridized carbons (Fsp3) is 0.409. The summed E-state index contributed by atoms with van der Waals surface area (Å²) in [6, 6.07) is 14.5. The van der Waals surface area contributed by atoms with Crippen LogP contribution in [0.15, 0.2) is 48.5 Å². The van der Waals surface area contributed by atoms with Gasteiger partial charge in [-0.1, -0.05) is 44.2 Å². The van der Waals surface area contributed by atoms with E-state index in [4.69, 9.17) is 10.5 Å². The number of rotatable bonds is 5. The minimum Gasteiger partial charge on any atom is -0.428 e. The molecule has 1 fully saturated rings. The van der Waals surface area contributed by atoms with Crippen molar-refractivity contribution < 1.29 is 13.9 Å². The Hall–Kier alpha value is -2.44. The second kappa shape index (κ2) is 8.71. The van der Waals surface area contributed by atoms with E-state index in [1.165, 1.54) is 11.6 Å².